The van der Waals surface area contributed by atoms with Gasteiger partial charge in [0.1, 0.15) is 5.60 Å². The van der Waals surface area contributed by atoms with E-state index < -0.39 is 0 Å². The Balaban J connectivity index is 2.01. The quantitative estimate of drug-likeness (QED) is 0.408. The highest BCUT2D eigenvalue weighted by atomic mass is 16.6. The SMILES string of the molecule is C=C(C)C(=O)OC(CC(C)C)(CC(C)C)C12CC3CC(CC(C3)C1)C2. The third-order valence-corrected chi connectivity index (χ3v) is 7.12. The van der Waals surface area contributed by atoms with Gasteiger partial charge in [-0.1, -0.05) is 34.3 Å². The number of ether oxygens (including phenoxy) is 1. The van der Waals surface area contributed by atoms with E-state index in [4.69, 9.17) is 4.74 Å². The van der Waals surface area contributed by atoms with Crippen molar-refractivity contribution in [3.8, 4) is 0 Å². The maximum absolute atomic E-state index is 12.7. The number of hydrogen-bond donors (Lipinski definition) is 0. The zero-order valence-electron chi connectivity index (χ0n) is 17.1. The standard InChI is InChI=1S/C23H38O2/c1-15(2)10-23(11-16(3)4,25-21(24)17(5)6)22-12-18-7-19(13-22)9-20(8-18)14-22/h15-16,18-20H,5,7-14H2,1-4,6H3. The molecule has 2 nitrogen and oxygen atoms in total. The van der Waals surface area contributed by atoms with Crippen molar-refractivity contribution in [1.82, 2.24) is 0 Å². The van der Waals surface area contributed by atoms with Crippen LogP contribution in [0.1, 0.15) is 86.0 Å². The van der Waals surface area contributed by atoms with Crippen molar-refractivity contribution in [2.75, 3.05) is 0 Å². The fourth-order valence-corrected chi connectivity index (χ4v) is 6.96. The second-order valence-corrected chi connectivity index (χ2v) is 10.6. The molecule has 25 heavy (non-hydrogen) atoms. The number of hydrogen-bond acceptors (Lipinski definition) is 2. The summed E-state index contributed by atoms with van der Waals surface area (Å²) in [5.74, 6) is 3.50. The van der Waals surface area contributed by atoms with E-state index in [1.165, 1.54) is 38.5 Å². The molecule has 0 aromatic rings. The van der Waals surface area contributed by atoms with Crippen molar-refractivity contribution in [3.05, 3.63) is 12.2 Å². The minimum atomic E-state index is -0.304. The predicted molar refractivity (Wildman–Crippen MR) is 103 cm³/mol. The average molecular weight is 347 g/mol. The first-order chi connectivity index (χ1) is 11.6. The van der Waals surface area contributed by atoms with Gasteiger partial charge in [0.25, 0.3) is 0 Å². The van der Waals surface area contributed by atoms with Crippen LogP contribution in [0.4, 0.5) is 0 Å². The third-order valence-electron chi connectivity index (χ3n) is 7.12. The molecule has 0 unspecified atom stereocenters. The summed E-state index contributed by atoms with van der Waals surface area (Å²) >= 11 is 0. The van der Waals surface area contributed by atoms with Crippen LogP contribution in [-0.4, -0.2) is 11.6 Å². The largest absolute Gasteiger partial charge is 0.455 e. The Morgan fingerprint density at radius 1 is 1.00 bits per heavy atom. The maximum Gasteiger partial charge on any atom is 0.333 e. The molecule has 0 spiro atoms. The molecule has 4 aliphatic carbocycles. The Bertz CT molecular complexity index is 483. The number of esters is 1. The first-order valence-corrected chi connectivity index (χ1v) is 10.5. The van der Waals surface area contributed by atoms with E-state index in [-0.39, 0.29) is 17.0 Å². The second kappa shape index (κ2) is 6.74. The minimum Gasteiger partial charge on any atom is -0.455 e. The summed E-state index contributed by atoms with van der Waals surface area (Å²) in [6.45, 7) is 14.8. The molecular weight excluding hydrogens is 308 g/mol. The molecule has 0 radical (unpaired) electrons. The van der Waals surface area contributed by atoms with Crippen LogP contribution in [0, 0.1) is 35.0 Å². The lowest BCUT2D eigenvalue weighted by molar-refractivity contribution is -0.216. The van der Waals surface area contributed by atoms with Crippen molar-refractivity contribution < 1.29 is 9.53 Å². The van der Waals surface area contributed by atoms with Gasteiger partial charge in [0.05, 0.1) is 0 Å². The molecule has 0 saturated heterocycles. The molecule has 0 N–H and O–H groups in total. The molecule has 0 atom stereocenters. The average Bonchev–Trinajstić information content (AvgIpc) is 2.43. The first kappa shape index (κ1) is 19.0. The topological polar surface area (TPSA) is 26.3 Å². The zero-order valence-corrected chi connectivity index (χ0v) is 17.1. The third kappa shape index (κ3) is 3.55. The van der Waals surface area contributed by atoms with Gasteiger partial charge in [0, 0.05) is 11.0 Å². The molecule has 4 saturated carbocycles. The van der Waals surface area contributed by atoms with Crippen LogP contribution < -0.4 is 0 Å². The second-order valence-electron chi connectivity index (χ2n) is 10.6. The number of carbonyl (C=O) groups is 1. The van der Waals surface area contributed by atoms with Gasteiger partial charge in [0.15, 0.2) is 0 Å². The van der Waals surface area contributed by atoms with E-state index in [2.05, 4.69) is 34.3 Å². The van der Waals surface area contributed by atoms with Gasteiger partial charge in [-0.3, -0.25) is 0 Å². The molecule has 0 aliphatic heterocycles. The van der Waals surface area contributed by atoms with E-state index in [9.17, 15) is 4.79 Å². The van der Waals surface area contributed by atoms with Crippen molar-refractivity contribution >= 4 is 5.97 Å². The fourth-order valence-electron chi connectivity index (χ4n) is 6.96. The van der Waals surface area contributed by atoms with Crippen molar-refractivity contribution in [2.45, 2.75) is 91.6 Å². The van der Waals surface area contributed by atoms with Crippen LogP contribution in [0.2, 0.25) is 0 Å². The van der Waals surface area contributed by atoms with Crippen LogP contribution in [0.3, 0.4) is 0 Å². The van der Waals surface area contributed by atoms with E-state index in [0.717, 1.165) is 30.6 Å². The number of carbonyl (C=O) groups excluding carboxylic acids is 1. The van der Waals surface area contributed by atoms with Gasteiger partial charge in [-0.2, -0.15) is 0 Å². The van der Waals surface area contributed by atoms with Gasteiger partial charge in [-0.15, -0.1) is 0 Å². The molecule has 4 aliphatic rings. The lowest BCUT2D eigenvalue weighted by Crippen LogP contribution is -2.61. The van der Waals surface area contributed by atoms with E-state index in [1.807, 2.05) is 0 Å². The summed E-state index contributed by atoms with van der Waals surface area (Å²) in [7, 11) is 0. The predicted octanol–water partition coefficient (Wildman–Crippen LogP) is 6.15. The van der Waals surface area contributed by atoms with Crippen LogP contribution in [0.25, 0.3) is 0 Å². The van der Waals surface area contributed by atoms with Gasteiger partial charge in [-0.05, 0) is 87.9 Å². The molecule has 142 valence electrons. The summed E-state index contributed by atoms with van der Waals surface area (Å²) in [4.78, 5) is 12.7. The van der Waals surface area contributed by atoms with E-state index >= 15 is 0 Å². The van der Waals surface area contributed by atoms with Crippen molar-refractivity contribution in [1.29, 1.82) is 0 Å². The normalized spacial score (nSPS) is 34.0. The summed E-state index contributed by atoms with van der Waals surface area (Å²) in [5.41, 5.74) is 0.449. The van der Waals surface area contributed by atoms with E-state index in [1.54, 1.807) is 6.92 Å². The Morgan fingerprint density at radius 2 is 1.40 bits per heavy atom. The first-order valence-electron chi connectivity index (χ1n) is 10.5. The van der Waals surface area contributed by atoms with Crippen LogP contribution in [-0.2, 0) is 9.53 Å². The molecule has 0 amide bonds. The molecule has 4 rings (SSSR count). The Hall–Kier alpha value is -0.790. The fraction of sp³-hybridized carbons (Fsp3) is 0.870. The van der Waals surface area contributed by atoms with Crippen LogP contribution in [0.15, 0.2) is 12.2 Å². The Morgan fingerprint density at radius 3 is 1.72 bits per heavy atom. The molecule has 0 heterocycles. The van der Waals surface area contributed by atoms with Crippen molar-refractivity contribution in [3.63, 3.8) is 0 Å². The van der Waals surface area contributed by atoms with Gasteiger partial charge in [-0.25, -0.2) is 4.79 Å². The van der Waals surface area contributed by atoms with Crippen LogP contribution >= 0.6 is 0 Å². The monoisotopic (exact) mass is 346 g/mol. The summed E-state index contributed by atoms with van der Waals surface area (Å²) < 4.78 is 6.47. The highest BCUT2D eigenvalue weighted by Gasteiger charge is 2.62. The van der Waals surface area contributed by atoms with Gasteiger partial charge in [0.2, 0.25) is 0 Å². The van der Waals surface area contributed by atoms with Crippen LogP contribution in [0.5, 0.6) is 0 Å². The lowest BCUT2D eigenvalue weighted by atomic mass is 9.44. The molecule has 2 heteroatoms. The molecule has 0 aromatic heterocycles. The summed E-state index contributed by atoms with van der Waals surface area (Å²) in [6.07, 6.45) is 10.1. The highest BCUT2D eigenvalue weighted by Crippen LogP contribution is 2.66. The van der Waals surface area contributed by atoms with Crippen molar-refractivity contribution in [2.24, 2.45) is 35.0 Å². The number of rotatable bonds is 7. The van der Waals surface area contributed by atoms with E-state index in [0.29, 0.717) is 17.4 Å². The maximum atomic E-state index is 12.7. The molecular formula is C23H38O2. The Kier molecular flexibility index (Phi) is 5.12. The Labute approximate surface area is 154 Å². The van der Waals surface area contributed by atoms with Gasteiger partial charge < -0.3 is 4.74 Å². The zero-order chi connectivity index (χ0) is 18.4. The lowest BCUT2D eigenvalue weighted by Gasteiger charge is -2.63. The summed E-state index contributed by atoms with van der Waals surface area (Å²) in [5, 5.41) is 0. The summed E-state index contributed by atoms with van der Waals surface area (Å²) in [6, 6.07) is 0. The molecule has 4 bridgehead atoms. The highest BCUT2D eigenvalue weighted by molar-refractivity contribution is 5.87. The molecule has 4 fully saturated rings. The minimum absolute atomic E-state index is 0.169. The van der Waals surface area contributed by atoms with Gasteiger partial charge >= 0.3 is 5.97 Å². The smallest absolute Gasteiger partial charge is 0.333 e. The molecule has 0 aromatic carbocycles.